The molecule has 1 aliphatic heterocycles. The summed E-state index contributed by atoms with van der Waals surface area (Å²) in [6.45, 7) is 2.96. The van der Waals surface area contributed by atoms with E-state index in [1.165, 1.54) is 12.1 Å². The van der Waals surface area contributed by atoms with Gasteiger partial charge in [0.2, 0.25) is 0 Å². The third-order valence-electron chi connectivity index (χ3n) is 4.69. The summed E-state index contributed by atoms with van der Waals surface area (Å²) in [5.41, 5.74) is 4.36. The zero-order valence-corrected chi connectivity index (χ0v) is 13.4. The molecular weight excluding hydrogens is 305 g/mol. The molecule has 0 spiro atoms. The van der Waals surface area contributed by atoms with E-state index in [2.05, 4.69) is 25.3 Å². The van der Waals surface area contributed by atoms with Gasteiger partial charge in [0.05, 0.1) is 6.20 Å². The highest BCUT2D eigenvalue weighted by Crippen LogP contribution is 2.33. The standard InChI is InChI=1S/C18H20FN5/c19-15-5-3-13(4-6-15)17-10-21-23-18(17)14-2-1-9-24(11-14)12-16-7-8-20-22-16/h3-8,10,14H,1-2,9,11-12H2,(H,20,22)(H,21,23)/t14-/m1/s1. The SMILES string of the molecule is Fc1ccc(-c2cn[nH]c2[C@@H]2CCCN(Cc3ccn[nH]3)C2)cc1. The fourth-order valence-electron chi connectivity index (χ4n) is 3.52. The van der Waals surface area contributed by atoms with Crippen LogP contribution in [-0.4, -0.2) is 38.4 Å². The number of likely N-dealkylation sites (tertiary alicyclic amines) is 1. The van der Waals surface area contributed by atoms with Gasteiger partial charge in [-0.1, -0.05) is 12.1 Å². The van der Waals surface area contributed by atoms with Gasteiger partial charge in [0, 0.05) is 42.2 Å². The van der Waals surface area contributed by atoms with Gasteiger partial charge < -0.3 is 0 Å². The highest BCUT2D eigenvalue weighted by Gasteiger charge is 2.25. The summed E-state index contributed by atoms with van der Waals surface area (Å²) >= 11 is 0. The van der Waals surface area contributed by atoms with Crippen molar-refractivity contribution in [2.75, 3.05) is 13.1 Å². The van der Waals surface area contributed by atoms with Crippen LogP contribution in [0.25, 0.3) is 11.1 Å². The minimum atomic E-state index is -0.216. The Hall–Kier alpha value is -2.47. The molecule has 2 N–H and O–H groups in total. The topological polar surface area (TPSA) is 60.6 Å². The number of nitrogens with one attached hydrogen (secondary N) is 2. The van der Waals surface area contributed by atoms with E-state index < -0.39 is 0 Å². The molecule has 0 bridgehead atoms. The minimum absolute atomic E-state index is 0.216. The van der Waals surface area contributed by atoms with E-state index >= 15 is 0 Å². The predicted octanol–water partition coefficient (Wildman–Crippen LogP) is 3.32. The Morgan fingerprint density at radius 3 is 2.79 bits per heavy atom. The molecule has 1 fully saturated rings. The number of halogens is 1. The molecule has 1 aromatic carbocycles. The summed E-state index contributed by atoms with van der Waals surface area (Å²) in [6.07, 6.45) is 5.92. The first-order valence-corrected chi connectivity index (χ1v) is 8.29. The second kappa shape index (κ2) is 6.57. The van der Waals surface area contributed by atoms with E-state index in [1.807, 2.05) is 24.4 Å². The lowest BCUT2D eigenvalue weighted by Crippen LogP contribution is -2.34. The molecule has 0 saturated carbocycles. The molecule has 1 atom stereocenters. The lowest BCUT2D eigenvalue weighted by molar-refractivity contribution is 0.196. The van der Waals surface area contributed by atoms with Gasteiger partial charge in [0.15, 0.2) is 0 Å². The van der Waals surface area contributed by atoms with Crippen LogP contribution in [0.5, 0.6) is 0 Å². The molecule has 0 radical (unpaired) electrons. The van der Waals surface area contributed by atoms with Crippen LogP contribution >= 0.6 is 0 Å². The van der Waals surface area contributed by atoms with Gasteiger partial charge in [-0.3, -0.25) is 15.1 Å². The molecule has 24 heavy (non-hydrogen) atoms. The Kier molecular flexibility index (Phi) is 4.13. The smallest absolute Gasteiger partial charge is 0.123 e. The van der Waals surface area contributed by atoms with E-state index in [-0.39, 0.29) is 5.82 Å². The molecule has 6 heteroatoms. The van der Waals surface area contributed by atoms with Crippen molar-refractivity contribution in [2.45, 2.75) is 25.3 Å². The maximum atomic E-state index is 13.2. The van der Waals surface area contributed by atoms with Crippen molar-refractivity contribution in [3.63, 3.8) is 0 Å². The van der Waals surface area contributed by atoms with Crippen LogP contribution in [0.1, 0.15) is 30.1 Å². The van der Waals surface area contributed by atoms with Crippen molar-refractivity contribution in [2.24, 2.45) is 0 Å². The Balaban J connectivity index is 1.53. The Morgan fingerprint density at radius 2 is 2.00 bits per heavy atom. The number of benzene rings is 1. The van der Waals surface area contributed by atoms with Crippen LogP contribution in [0, 0.1) is 5.82 Å². The summed E-state index contributed by atoms with van der Waals surface area (Å²) in [5, 5.41) is 14.5. The van der Waals surface area contributed by atoms with Crippen molar-refractivity contribution < 1.29 is 4.39 Å². The molecule has 0 unspecified atom stereocenters. The number of nitrogens with zero attached hydrogens (tertiary/aromatic N) is 3. The Bertz CT molecular complexity index is 778. The number of piperidine rings is 1. The molecule has 4 rings (SSSR count). The second-order valence-corrected chi connectivity index (χ2v) is 6.36. The van der Waals surface area contributed by atoms with E-state index in [9.17, 15) is 4.39 Å². The van der Waals surface area contributed by atoms with Gasteiger partial charge in [-0.15, -0.1) is 0 Å². The number of H-pyrrole nitrogens is 2. The largest absolute Gasteiger partial charge is 0.297 e. The molecular formula is C18H20FN5. The summed E-state index contributed by atoms with van der Waals surface area (Å²) in [6, 6.07) is 8.64. The van der Waals surface area contributed by atoms with Gasteiger partial charge in [0.25, 0.3) is 0 Å². The number of hydrogen-bond acceptors (Lipinski definition) is 3. The summed E-state index contributed by atoms with van der Waals surface area (Å²) < 4.78 is 13.2. The zero-order chi connectivity index (χ0) is 16.4. The first-order chi connectivity index (χ1) is 11.8. The number of hydrogen-bond donors (Lipinski definition) is 2. The molecule has 3 heterocycles. The highest BCUT2D eigenvalue weighted by atomic mass is 19.1. The molecule has 5 nitrogen and oxygen atoms in total. The lowest BCUT2D eigenvalue weighted by atomic mass is 9.90. The fourth-order valence-corrected chi connectivity index (χ4v) is 3.52. The Labute approximate surface area is 139 Å². The molecule has 0 amide bonds. The van der Waals surface area contributed by atoms with Crippen LogP contribution in [0.15, 0.2) is 42.7 Å². The van der Waals surface area contributed by atoms with Crippen molar-refractivity contribution in [3.8, 4) is 11.1 Å². The van der Waals surface area contributed by atoms with Crippen molar-refractivity contribution >= 4 is 0 Å². The summed E-state index contributed by atoms with van der Waals surface area (Å²) in [5.74, 6) is 0.191. The Morgan fingerprint density at radius 1 is 1.12 bits per heavy atom. The minimum Gasteiger partial charge on any atom is -0.297 e. The summed E-state index contributed by atoms with van der Waals surface area (Å²) in [7, 11) is 0. The van der Waals surface area contributed by atoms with Crippen LogP contribution in [0.3, 0.4) is 0 Å². The fraction of sp³-hybridized carbons (Fsp3) is 0.333. The van der Waals surface area contributed by atoms with E-state index in [4.69, 9.17) is 0 Å². The second-order valence-electron chi connectivity index (χ2n) is 6.36. The number of aromatic nitrogens is 4. The third-order valence-corrected chi connectivity index (χ3v) is 4.69. The van der Waals surface area contributed by atoms with Crippen LogP contribution in [-0.2, 0) is 6.54 Å². The van der Waals surface area contributed by atoms with Crippen LogP contribution in [0.2, 0.25) is 0 Å². The number of rotatable bonds is 4. The van der Waals surface area contributed by atoms with Crippen molar-refractivity contribution in [1.29, 1.82) is 0 Å². The highest BCUT2D eigenvalue weighted by molar-refractivity contribution is 5.65. The average Bonchev–Trinajstić information content (AvgIpc) is 3.27. The van der Waals surface area contributed by atoms with Gasteiger partial charge >= 0.3 is 0 Å². The molecule has 1 aliphatic rings. The van der Waals surface area contributed by atoms with E-state index in [0.717, 1.165) is 55.0 Å². The molecule has 124 valence electrons. The van der Waals surface area contributed by atoms with Crippen LogP contribution < -0.4 is 0 Å². The molecule has 0 aliphatic carbocycles. The van der Waals surface area contributed by atoms with E-state index in [0.29, 0.717) is 5.92 Å². The van der Waals surface area contributed by atoms with Gasteiger partial charge in [-0.05, 0) is 43.1 Å². The monoisotopic (exact) mass is 325 g/mol. The zero-order valence-electron chi connectivity index (χ0n) is 13.4. The van der Waals surface area contributed by atoms with Crippen LogP contribution in [0.4, 0.5) is 4.39 Å². The van der Waals surface area contributed by atoms with Gasteiger partial charge in [-0.2, -0.15) is 10.2 Å². The average molecular weight is 325 g/mol. The summed E-state index contributed by atoms with van der Waals surface area (Å²) in [4.78, 5) is 2.44. The molecule has 1 saturated heterocycles. The maximum Gasteiger partial charge on any atom is 0.123 e. The lowest BCUT2D eigenvalue weighted by Gasteiger charge is -2.32. The molecule has 3 aromatic rings. The third kappa shape index (κ3) is 3.10. The van der Waals surface area contributed by atoms with Gasteiger partial charge in [-0.25, -0.2) is 4.39 Å². The first-order valence-electron chi connectivity index (χ1n) is 8.29. The quantitative estimate of drug-likeness (QED) is 0.773. The maximum absolute atomic E-state index is 13.2. The number of aromatic amines is 2. The van der Waals surface area contributed by atoms with Crippen molar-refractivity contribution in [3.05, 3.63) is 59.9 Å². The first kappa shape index (κ1) is 15.1. The predicted molar refractivity (Wildman–Crippen MR) is 89.8 cm³/mol. The van der Waals surface area contributed by atoms with Crippen molar-refractivity contribution in [1.82, 2.24) is 25.3 Å². The molecule has 2 aromatic heterocycles. The normalized spacial score (nSPS) is 18.8. The van der Waals surface area contributed by atoms with E-state index in [1.54, 1.807) is 6.20 Å². The van der Waals surface area contributed by atoms with Gasteiger partial charge in [0.1, 0.15) is 5.82 Å².